The SMILES string of the molecule is Cc1ccc(NC(=O)c2ccccc2NC(=S)NC(=O)c2ccccc2OCCc2ccccc2)cc1C. The lowest BCUT2D eigenvalue weighted by molar-refractivity contribution is 0.0972. The monoisotopic (exact) mass is 523 g/mol. The van der Waals surface area contributed by atoms with Crippen LogP contribution in [0.1, 0.15) is 37.4 Å². The van der Waals surface area contributed by atoms with Gasteiger partial charge in [-0.05, 0) is 79.2 Å². The molecule has 0 saturated carbocycles. The summed E-state index contributed by atoms with van der Waals surface area (Å²) in [5.41, 5.74) is 5.33. The average molecular weight is 524 g/mol. The van der Waals surface area contributed by atoms with Crippen molar-refractivity contribution in [3.63, 3.8) is 0 Å². The Morgan fingerprint density at radius 1 is 0.737 bits per heavy atom. The van der Waals surface area contributed by atoms with Gasteiger partial charge in [-0.2, -0.15) is 0 Å². The number of benzene rings is 4. The van der Waals surface area contributed by atoms with Crippen LogP contribution in [0.3, 0.4) is 0 Å². The third-order valence-corrected chi connectivity index (χ3v) is 6.24. The summed E-state index contributed by atoms with van der Waals surface area (Å²) in [7, 11) is 0. The molecule has 4 rings (SSSR count). The van der Waals surface area contributed by atoms with Gasteiger partial charge in [-0.15, -0.1) is 0 Å². The van der Waals surface area contributed by atoms with Crippen molar-refractivity contribution < 1.29 is 14.3 Å². The molecule has 0 atom stereocenters. The Morgan fingerprint density at radius 3 is 2.18 bits per heavy atom. The van der Waals surface area contributed by atoms with Crippen LogP contribution in [0.5, 0.6) is 5.75 Å². The van der Waals surface area contributed by atoms with Crippen LogP contribution in [0, 0.1) is 13.8 Å². The van der Waals surface area contributed by atoms with Gasteiger partial charge >= 0.3 is 0 Å². The summed E-state index contributed by atoms with van der Waals surface area (Å²) >= 11 is 5.40. The molecule has 4 aromatic carbocycles. The van der Waals surface area contributed by atoms with E-state index in [1.54, 1.807) is 42.5 Å². The zero-order chi connectivity index (χ0) is 26.9. The van der Waals surface area contributed by atoms with E-state index in [9.17, 15) is 9.59 Å². The highest BCUT2D eigenvalue weighted by Crippen LogP contribution is 2.21. The van der Waals surface area contributed by atoms with Crippen LogP contribution >= 0.6 is 12.2 Å². The number of rotatable bonds is 8. The second kappa shape index (κ2) is 12.7. The molecule has 3 N–H and O–H groups in total. The maximum absolute atomic E-state index is 13.0. The van der Waals surface area contributed by atoms with Crippen molar-refractivity contribution >= 4 is 40.5 Å². The molecule has 0 aliphatic heterocycles. The number of amides is 2. The van der Waals surface area contributed by atoms with Crippen molar-refractivity contribution in [1.82, 2.24) is 5.32 Å². The minimum atomic E-state index is -0.408. The van der Waals surface area contributed by atoms with Gasteiger partial charge in [0, 0.05) is 12.1 Å². The van der Waals surface area contributed by atoms with Gasteiger partial charge in [0.15, 0.2) is 5.11 Å². The second-order valence-corrected chi connectivity index (χ2v) is 9.20. The van der Waals surface area contributed by atoms with E-state index in [1.165, 1.54) is 0 Å². The molecule has 0 saturated heterocycles. The summed E-state index contributed by atoms with van der Waals surface area (Å²) in [6.45, 7) is 4.44. The van der Waals surface area contributed by atoms with E-state index in [-0.39, 0.29) is 11.0 Å². The third-order valence-electron chi connectivity index (χ3n) is 6.03. The van der Waals surface area contributed by atoms with Crippen molar-refractivity contribution in [2.75, 3.05) is 17.2 Å². The fraction of sp³-hybridized carbons (Fsp3) is 0.129. The maximum atomic E-state index is 13.0. The number of aryl methyl sites for hydroxylation is 2. The van der Waals surface area contributed by atoms with Gasteiger partial charge in [-0.1, -0.05) is 60.7 Å². The lowest BCUT2D eigenvalue weighted by atomic mass is 10.1. The van der Waals surface area contributed by atoms with E-state index in [0.29, 0.717) is 34.9 Å². The number of carbonyl (C=O) groups excluding carboxylic acids is 2. The van der Waals surface area contributed by atoms with Crippen molar-refractivity contribution in [1.29, 1.82) is 0 Å². The maximum Gasteiger partial charge on any atom is 0.261 e. The Hall–Kier alpha value is -4.49. The highest BCUT2D eigenvalue weighted by atomic mass is 32.1. The smallest absolute Gasteiger partial charge is 0.261 e. The molecule has 0 unspecified atom stereocenters. The quantitative estimate of drug-likeness (QED) is 0.236. The van der Waals surface area contributed by atoms with E-state index in [0.717, 1.165) is 23.1 Å². The van der Waals surface area contributed by atoms with Gasteiger partial charge < -0.3 is 15.4 Å². The highest BCUT2D eigenvalue weighted by molar-refractivity contribution is 7.80. The molecule has 4 aromatic rings. The van der Waals surface area contributed by atoms with Crippen molar-refractivity contribution in [2.24, 2.45) is 0 Å². The van der Waals surface area contributed by atoms with Crippen LogP contribution in [0.4, 0.5) is 11.4 Å². The molecule has 0 fully saturated rings. The fourth-order valence-corrected chi connectivity index (χ4v) is 4.04. The molecule has 0 heterocycles. The van der Waals surface area contributed by atoms with Crippen LogP contribution in [-0.2, 0) is 6.42 Å². The molecule has 0 radical (unpaired) electrons. The molecule has 0 aliphatic carbocycles. The summed E-state index contributed by atoms with van der Waals surface area (Å²) in [5, 5.41) is 8.66. The molecule has 0 aliphatic rings. The van der Waals surface area contributed by atoms with Crippen molar-refractivity contribution in [3.05, 3.63) is 125 Å². The predicted octanol–water partition coefficient (Wildman–Crippen LogP) is 6.30. The molecule has 6 nitrogen and oxygen atoms in total. The largest absolute Gasteiger partial charge is 0.492 e. The minimum Gasteiger partial charge on any atom is -0.492 e. The van der Waals surface area contributed by atoms with Crippen LogP contribution < -0.4 is 20.7 Å². The van der Waals surface area contributed by atoms with E-state index in [2.05, 4.69) is 16.0 Å². The molecule has 0 spiro atoms. The van der Waals surface area contributed by atoms with Gasteiger partial charge in [0.05, 0.1) is 23.4 Å². The summed E-state index contributed by atoms with van der Waals surface area (Å²) in [4.78, 5) is 26.0. The number of ether oxygens (including phenoxy) is 1. The van der Waals surface area contributed by atoms with Gasteiger partial charge in [0.1, 0.15) is 5.75 Å². The lowest BCUT2D eigenvalue weighted by Gasteiger charge is -2.15. The summed E-state index contributed by atoms with van der Waals surface area (Å²) in [6, 6.07) is 29.7. The summed E-state index contributed by atoms with van der Waals surface area (Å²) in [6.07, 6.45) is 0.720. The first-order valence-corrected chi connectivity index (χ1v) is 12.7. The zero-order valence-electron chi connectivity index (χ0n) is 21.3. The number of anilines is 2. The van der Waals surface area contributed by atoms with Gasteiger partial charge in [-0.3, -0.25) is 14.9 Å². The van der Waals surface area contributed by atoms with Gasteiger partial charge in [0.2, 0.25) is 0 Å². The first kappa shape index (κ1) is 26.6. The van der Waals surface area contributed by atoms with Crippen LogP contribution in [-0.4, -0.2) is 23.5 Å². The van der Waals surface area contributed by atoms with Crippen LogP contribution in [0.25, 0.3) is 0 Å². The molecule has 0 bridgehead atoms. The first-order valence-electron chi connectivity index (χ1n) is 12.3. The number of carbonyl (C=O) groups is 2. The molecule has 0 aromatic heterocycles. The standard InChI is InChI=1S/C31H29N3O3S/c1-21-16-17-24(20-22(21)2)32-29(35)25-12-6-8-14-27(25)33-31(38)34-30(36)26-13-7-9-15-28(26)37-19-18-23-10-4-3-5-11-23/h3-17,20H,18-19H2,1-2H3,(H,32,35)(H2,33,34,36,38). The van der Waals surface area contributed by atoms with Crippen LogP contribution in [0.15, 0.2) is 97.1 Å². The fourth-order valence-electron chi connectivity index (χ4n) is 3.84. The molecular formula is C31H29N3O3S. The average Bonchev–Trinajstić information content (AvgIpc) is 2.92. The summed E-state index contributed by atoms with van der Waals surface area (Å²) in [5.74, 6) is -0.227. The Bertz CT molecular complexity index is 1450. The highest BCUT2D eigenvalue weighted by Gasteiger charge is 2.16. The third kappa shape index (κ3) is 7.05. The number of nitrogens with one attached hydrogen (secondary N) is 3. The van der Waals surface area contributed by atoms with Gasteiger partial charge in [-0.25, -0.2) is 0 Å². The topological polar surface area (TPSA) is 79.5 Å². The Balaban J connectivity index is 1.39. The number of thiocarbonyl (C=S) groups is 1. The van der Waals surface area contributed by atoms with E-state index in [1.807, 2.05) is 68.4 Å². The first-order chi connectivity index (χ1) is 18.4. The number of hydrogen-bond acceptors (Lipinski definition) is 4. The van der Waals surface area contributed by atoms with Crippen LogP contribution in [0.2, 0.25) is 0 Å². The Labute approximate surface area is 228 Å². The van der Waals surface area contributed by atoms with Crippen molar-refractivity contribution in [3.8, 4) is 5.75 Å². The zero-order valence-corrected chi connectivity index (χ0v) is 22.1. The van der Waals surface area contributed by atoms with E-state index < -0.39 is 5.91 Å². The van der Waals surface area contributed by atoms with Crippen molar-refractivity contribution in [2.45, 2.75) is 20.3 Å². The Kier molecular flexibility index (Phi) is 8.85. The van der Waals surface area contributed by atoms with E-state index >= 15 is 0 Å². The van der Waals surface area contributed by atoms with Gasteiger partial charge in [0.25, 0.3) is 11.8 Å². The lowest BCUT2D eigenvalue weighted by Crippen LogP contribution is -2.35. The molecule has 38 heavy (non-hydrogen) atoms. The summed E-state index contributed by atoms with van der Waals surface area (Å²) < 4.78 is 5.91. The Morgan fingerprint density at radius 2 is 1.42 bits per heavy atom. The number of hydrogen-bond donors (Lipinski definition) is 3. The van der Waals surface area contributed by atoms with E-state index in [4.69, 9.17) is 17.0 Å². The normalized spacial score (nSPS) is 10.4. The number of para-hydroxylation sites is 2. The molecule has 2 amide bonds. The molecular weight excluding hydrogens is 494 g/mol. The molecule has 7 heteroatoms. The minimum absolute atomic E-state index is 0.0699. The molecule has 192 valence electrons. The predicted molar refractivity (Wildman–Crippen MR) is 156 cm³/mol. The second-order valence-electron chi connectivity index (χ2n) is 8.79.